The van der Waals surface area contributed by atoms with Crippen LogP contribution in [0.25, 0.3) is 0 Å². The summed E-state index contributed by atoms with van der Waals surface area (Å²) >= 11 is 1.68. The molecular formula is C8H10N2OS. The van der Waals surface area contributed by atoms with Crippen LogP contribution in [0.15, 0.2) is 23.4 Å². The molecule has 2 rings (SSSR count). The van der Waals surface area contributed by atoms with Crippen molar-refractivity contribution >= 4 is 17.7 Å². The molecule has 0 aromatic rings. The van der Waals surface area contributed by atoms with Crippen LogP contribution >= 0.6 is 11.8 Å². The van der Waals surface area contributed by atoms with Gasteiger partial charge in [0.15, 0.2) is 0 Å². The summed E-state index contributed by atoms with van der Waals surface area (Å²) in [5.41, 5.74) is 5.61. The van der Waals surface area contributed by atoms with Gasteiger partial charge in [-0.25, -0.2) is 0 Å². The number of nitrogens with zero attached hydrogens (tertiary/aromatic N) is 1. The molecule has 2 aliphatic heterocycles. The molecule has 1 amide bonds. The first kappa shape index (κ1) is 7.89. The predicted molar refractivity (Wildman–Crippen MR) is 49.1 cm³/mol. The first-order valence-electron chi connectivity index (χ1n) is 3.87. The Bertz CT molecular complexity index is 272. The second-order valence-corrected chi connectivity index (χ2v) is 3.83. The van der Waals surface area contributed by atoms with E-state index in [1.807, 2.05) is 18.4 Å². The number of thioether (sulfide) groups is 1. The number of carbonyl (C=O) groups is 1. The smallest absolute Gasteiger partial charge is 0.248 e. The summed E-state index contributed by atoms with van der Waals surface area (Å²) < 4.78 is 0. The summed E-state index contributed by atoms with van der Waals surface area (Å²) in [6, 6.07) is -0.350. The van der Waals surface area contributed by atoms with Crippen molar-refractivity contribution in [3.8, 4) is 0 Å². The number of nitrogens with two attached hydrogens (primary N) is 1. The molecule has 0 saturated heterocycles. The van der Waals surface area contributed by atoms with E-state index in [9.17, 15) is 4.79 Å². The molecule has 64 valence electrons. The molecular weight excluding hydrogens is 172 g/mol. The van der Waals surface area contributed by atoms with Gasteiger partial charge in [0.2, 0.25) is 5.91 Å². The molecule has 4 heteroatoms. The molecule has 1 unspecified atom stereocenters. The van der Waals surface area contributed by atoms with Crippen molar-refractivity contribution in [2.24, 2.45) is 5.73 Å². The first-order chi connectivity index (χ1) is 5.79. The van der Waals surface area contributed by atoms with E-state index in [1.165, 1.54) is 0 Å². The summed E-state index contributed by atoms with van der Waals surface area (Å²) in [6.07, 6.45) is 6.48. The van der Waals surface area contributed by atoms with Gasteiger partial charge in [-0.3, -0.25) is 9.69 Å². The van der Waals surface area contributed by atoms with Crippen LogP contribution in [0, 0.1) is 0 Å². The summed E-state index contributed by atoms with van der Waals surface area (Å²) in [5.74, 6) is 0.959. The largest absolute Gasteiger partial charge is 0.320 e. The molecule has 0 radical (unpaired) electrons. The van der Waals surface area contributed by atoms with Gasteiger partial charge >= 0.3 is 0 Å². The molecule has 0 bridgehead atoms. The van der Waals surface area contributed by atoms with E-state index >= 15 is 0 Å². The SMILES string of the molecule is NC1CC=C2SCC=CN2C1=O. The molecule has 3 nitrogen and oxygen atoms in total. The van der Waals surface area contributed by atoms with Crippen molar-refractivity contribution in [2.75, 3.05) is 5.75 Å². The van der Waals surface area contributed by atoms with Gasteiger partial charge < -0.3 is 5.73 Å². The highest BCUT2D eigenvalue weighted by Crippen LogP contribution is 2.29. The third-order valence-electron chi connectivity index (χ3n) is 1.92. The fraction of sp³-hybridized carbons (Fsp3) is 0.375. The van der Waals surface area contributed by atoms with Gasteiger partial charge in [0.1, 0.15) is 0 Å². The highest BCUT2D eigenvalue weighted by Gasteiger charge is 2.27. The summed E-state index contributed by atoms with van der Waals surface area (Å²) in [7, 11) is 0. The second-order valence-electron chi connectivity index (χ2n) is 2.79. The lowest BCUT2D eigenvalue weighted by molar-refractivity contribution is -0.128. The van der Waals surface area contributed by atoms with Gasteiger partial charge in [-0.1, -0.05) is 12.2 Å². The molecule has 1 atom stereocenters. The van der Waals surface area contributed by atoms with Crippen molar-refractivity contribution < 1.29 is 4.79 Å². The Labute approximate surface area is 75.3 Å². The lowest BCUT2D eigenvalue weighted by Crippen LogP contribution is -2.43. The normalized spacial score (nSPS) is 28.4. The molecule has 0 aliphatic carbocycles. The molecule has 0 spiro atoms. The van der Waals surface area contributed by atoms with Crippen molar-refractivity contribution in [3.63, 3.8) is 0 Å². The maximum atomic E-state index is 11.5. The minimum absolute atomic E-state index is 0.0101. The summed E-state index contributed by atoms with van der Waals surface area (Å²) in [4.78, 5) is 13.1. The Balaban J connectivity index is 2.31. The van der Waals surface area contributed by atoms with Crippen LogP contribution in [0.4, 0.5) is 0 Å². The van der Waals surface area contributed by atoms with Crippen LogP contribution < -0.4 is 5.73 Å². The number of hydrogen-bond donors (Lipinski definition) is 1. The maximum absolute atomic E-state index is 11.5. The van der Waals surface area contributed by atoms with Gasteiger partial charge in [0.25, 0.3) is 0 Å². The van der Waals surface area contributed by atoms with Gasteiger partial charge in [0, 0.05) is 12.0 Å². The van der Waals surface area contributed by atoms with Gasteiger partial charge in [-0.05, 0) is 6.42 Å². The number of fused-ring (bicyclic) bond motifs is 1. The van der Waals surface area contributed by atoms with E-state index in [0.29, 0.717) is 6.42 Å². The number of carbonyl (C=O) groups excluding carboxylic acids is 1. The minimum Gasteiger partial charge on any atom is -0.320 e. The van der Waals surface area contributed by atoms with Gasteiger partial charge in [0.05, 0.1) is 11.1 Å². The van der Waals surface area contributed by atoms with Gasteiger partial charge in [-0.2, -0.15) is 0 Å². The molecule has 0 aromatic heterocycles. The number of hydrogen-bond acceptors (Lipinski definition) is 3. The highest BCUT2D eigenvalue weighted by molar-refractivity contribution is 8.03. The van der Waals surface area contributed by atoms with Crippen molar-refractivity contribution in [3.05, 3.63) is 23.4 Å². The minimum atomic E-state index is -0.350. The molecule has 0 aromatic carbocycles. The molecule has 2 N–H and O–H groups in total. The second kappa shape index (κ2) is 2.95. The Morgan fingerprint density at radius 1 is 1.67 bits per heavy atom. The average molecular weight is 182 g/mol. The topological polar surface area (TPSA) is 46.3 Å². The third-order valence-corrected chi connectivity index (χ3v) is 2.94. The van der Waals surface area contributed by atoms with E-state index in [1.54, 1.807) is 16.7 Å². The maximum Gasteiger partial charge on any atom is 0.248 e. The lowest BCUT2D eigenvalue weighted by atomic mass is 10.1. The Hall–Kier alpha value is -0.740. The van der Waals surface area contributed by atoms with Crippen LogP contribution in [0.1, 0.15) is 6.42 Å². The van der Waals surface area contributed by atoms with Crippen LogP contribution in [-0.2, 0) is 4.79 Å². The molecule has 0 fully saturated rings. The van der Waals surface area contributed by atoms with Crippen LogP contribution in [0.5, 0.6) is 0 Å². The lowest BCUT2D eigenvalue weighted by Gasteiger charge is -2.30. The molecule has 12 heavy (non-hydrogen) atoms. The van der Waals surface area contributed by atoms with E-state index in [-0.39, 0.29) is 11.9 Å². The number of amides is 1. The van der Waals surface area contributed by atoms with Crippen molar-refractivity contribution in [1.29, 1.82) is 0 Å². The van der Waals surface area contributed by atoms with Crippen LogP contribution in [0.3, 0.4) is 0 Å². The quantitative estimate of drug-likeness (QED) is 0.598. The zero-order valence-corrected chi connectivity index (χ0v) is 7.38. The first-order valence-corrected chi connectivity index (χ1v) is 4.86. The zero-order valence-electron chi connectivity index (χ0n) is 6.56. The fourth-order valence-corrected chi connectivity index (χ4v) is 2.13. The standard InChI is InChI=1S/C8H10N2OS/c9-6-2-3-7-10(8(6)11)4-1-5-12-7/h1,3-4,6H,2,5,9H2. The zero-order chi connectivity index (χ0) is 8.55. The average Bonchev–Trinajstić information content (AvgIpc) is 2.12. The van der Waals surface area contributed by atoms with Gasteiger partial charge in [-0.15, -0.1) is 11.8 Å². The summed E-state index contributed by atoms with van der Waals surface area (Å²) in [5, 5.41) is 1.03. The molecule has 2 heterocycles. The third kappa shape index (κ3) is 1.17. The van der Waals surface area contributed by atoms with Crippen molar-refractivity contribution in [2.45, 2.75) is 12.5 Å². The monoisotopic (exact) mass is 182 g/mol. The van der Waals surface area contributed by atoms with E-state index in [2.05, 4.69) is 0 Å². The molecule has 2 aliphatic rings. The van der Waals surface area contributed by atoms with Crippen molar-refractivity contribution in [1.82, 2.24) is 4.90 Å². The Morgan fingerprint density at radius 3 is 3.33 bits per heavy atom. The van der Waals surface area contributed by atoms with Crippen LogP contribution in [0.2, 0.25) is 0 Å². The fourth-order valence-electron chi connectivity index (χ4n) is 1.27. The van der Waals surface area contributed by atoms with E-state index < -0.39 is 0 Å². The number of rotatable bonds is 0. The van der Waals surface area contributed by atoms with E-state index in [0.717, 1.165) is 10.8 Å². The predicted octanol–water partition coefficient (Wildman–Crippen LogP) is 0.648. The highest BCUT2D eigenvalue weighted by atomic mass is 32.2. The summed E-state index contributed by atoms with van der Waals surface area (Å²) in [6.45, 7) is 0. The Morgan fingerprint density at radius 2 is 2.50 bits per heavy atom. The Kier molecular flexibility index (Phi) is 1.94. The van der Waals surface area contributed by atoms with Crippen LogP contribution in [-0.4, -0.2) is 22.6 Å². The van der Waals surface area contributed by atoms with E-state index in [4.69, 9.17) is 5.73 Å². The molecule has 0 saturated carbocycles.